The molecule has 0 spiro atoms. The minimum absolute atomic E-state index is 0.00875. The maximum Gasteiger partial charge on any atom is 0.328 e. The molecule has 1 rings (SSSR count). The maximum absolute atomic E-state index is 12.0. The largest absolute Gasteiger partial charge is 0.480 e. The Labute approximate surface area is 106 Å². The summed E-state index contributed by atoms with van der Waals surface area (Å²) in [6.45, 7) is 5.30. The molecule has 1 N–H and O–H groups in total. The molecule has 4 nitrogen and oxygen atoms in total. The molecule has 1 aromatic carbocycles. The fourth-order valence-corrected chi connectivity index (χ4v) is 1.81. The van der Waals surface area contributed by atoms with Crippen LogP contribution in [0.3, 0.4) is 0 Å². The molecule has 4 heteroatoms. The van der Waals surface area contributed by atoms with Crippen LogP contribution in [0.4, 0.5) is 0 Å². The molecule has 0 fully saturated rings. The van der Waals surface area contributed by atoms with E-state index in [0.717, 1.165) is 0 Å². The number of benzene rings is 1. The second kappa shape index (κ2) is 6.00. The van der Waals surface area contributed by atoms with Crippen LogP contribution in [0.2, 0.25) is 0 Å². The lowest BCUT2D eigenvalue weighted by Gasteiger charge is -2.26. The summed E-state index contributed by atoms with van der Waals surface area (Å²) in [7, 11) is 0. The molecular weight excluding hydrogens is 232 g/mol. The highest BCUT2D eigenvalue weighted by Crippen LogP contribution is 2.30. The number of ether oxygens (including phenoxy) is 1. The molecule has 0 aliphatic rings. The van der Waals surface area contributed by atoms with Gasteiger partial charge in [-0.1, -0.05) is 36.4 Å². The Bertz CT molecular complexity index is 438. The summed E-state index contributed by atoms with van der Waals surface area (Å²) in [5.41, 5.74) is -1.31. The lowest BCUT2D eigenvalue weighted by atomic mass is 9.77. The second-order valence-corrected chi connectivity index (χ2v) is 3.79. The van der Waals surface area contributed by atoms with Crippen LogP contribution in [0.15, 0.2) is 43.0 Å². The number of esters is 1. The van der Waals surface area contributed by atoms with Crippen molar-refractivity contribution in [2.45, 2.75) is 18.8 Å². The van der Waals surface area contributed by atoms with E-state index in [-0.39, 0.29) is 13.0 Å². The van der Waals surface area contributed by atoms with Gasteiger partial charge >= 0.3 is 11.9 Å². The van der Waals surface area contributed by atoms with Gasteiger partial charge in [0.15, 0.2) is 5.41 Å². The zero-order chi connectivity index (χ0) is 13.6. The van der Waals surface area contributed by atoms with Gasteiger partial charge in [-0.3, -0.25) is 9.59 Å². The van der Waals surface area contributed by atoms with Gasteiger partial charge in [0.25, 0.3) is 0 Å². The fourth-order valence-electron chi connectivity index (χ4n) is 1.81. The lowest BCUT2D eigenvalue weighted by molar-refractivity contribution is -0.161. The molecule has 1 aromatic rings. The van der Waals surface area contributed by atoms with Crippen LogP contribution in [-0.4, -0.2) is 23.7 Å². The molecule has 0 saturated heterocycles. The SMILES string of the molecule is C=CCC(C(=O)O)(C(=O)OCC)c1ccccc1. The average Bonchev–Trinajstić information content (AvgIpc) is 2.36. The molecule has 0 aliphatic carbocycles. The van der Waals surface area contributed by atoms with Gasteiger partial charge in [0.05, 0.1) is 6.61 Å². The molecule has 18 heavy (non-hydrogen) atoms. The predicted octanol–water partition coefficient (Wildman–Crippen LogP) is 2.15. The van der Waals surface area contributed by atoms with Crippen LogP contribution in [0.5, 0.6) is 0 Å². The number of aliphatic carboxylic acids is 1. The first-order valence-corrected chi connectivity index (χ1v) is 5.66. The number of hydrogen-bond donors (Lipinski definition) is 1. The zero-order valence-corrected chi connectivity index (χ0v) is 10.3. The quantitative estimate of drug-likeness (QED) is 0.476. The zero-order valence-electron chi connectivity index (χ0n) is 10.3. The highest BCUT2D eigenvalue weighted by molar-refractivity contribution is 6.05. The molecule has 96 valence electrons. The predicted molar refractivity (Wildman–Crippen MR) is 67.2 cm³/mol. The molecule has 0 radical (unpaired) electrons. The topological polar surface area (TPSA) is 63.6 Å². The van der Waals surface area contributed by atoms with E-state index >= 15 is 0 Å². The Morgan fingerprint density at radius 1 is 1.39 bits per heavy atom. The van der Waals surface area contributed by atoms with E-state index in [2.05, 4.69) is 6.58 Å². The second-order valence-electron chi connectivity index (χ2n) is 3.79. The summed E-state index contributed by atoms with van der Waals surface area (Å²) < 4.78 is 4.91. The van der Waals surface area contributed by atoms with Crippen LogP contribution in [0.25, 0.3) is 0 Å². The van der Waals surface area contributed by atoms with Gasteiger partial charge in [-0.25, -0.2) is 0 Å². The van der Waals surface area contributed by atoms with Crippen molar-refractivity contribution in [2.75, 3.05) is 6.61 Å². The van der Waals surface area contributed by atoms with Crippen LogP contribution < -0.4 is 0 Å². The highest BCUT2D eigenvalue weighted by atomic mass is 16.5. The number of carboxylic acid groups (broad SMARTS) is 1. The number of carboxylic acids is 1. The highest BCUT2D eigenvalue weighted by Gasteiger charge is 2.48. The Morgan fingerprint density at radius 2 is 2.00 bits per heavy atom. The number of allylic oxidation sites excluding steroid dienone is 1. The van der Waals surface area contributed by atoms with Crippen molar-refractivity contribution in [2.24, 2.45) is 0 Å². The third-order valence-electron chi connectivity index (χ3n) is 2.71. The van der Waals surface area contributed by atoms with Crippen molar-refractivity contribution in [1.82, 2.24) is 0 Å². The summed E-state index contributed by atoms with van der Waals surface area (Å²) in [6.07, 6.45) is 1.41. The summed E-state index contributed by atoms with van der Waals surface area (Å²) >= 11 is 0. The summed E-state index contributed by atoms with van der Waals surface area (Å²) in [6, 6.07) is 8.35. The number of carbonyl (C=O) groups is 2. The minimum atomic E-state index is -1.71. The monoisotopic (exact) mass is 248 g/mol. The smallest absolute Gasteiger partial charge is 0.328 e. The van der Waals surface area contributed by atoms with Gasteiger partial charge in [0.1, 0.15) is 0 Å². The summed E-state index contributed by atoms with van der Waals surface area (Å²) in [5.74, 6) is -1.99. The van der Waals surface area contributed by atoms with E-state index in [0.29, 0.717) is 5.56 Å². The average molecular weight is 248 g/mol. The lowest BCUT2D eigenvalue weighted by Crippen LogP contribution is -2.44. The van der Waals surface area contributed by atoms with Gasteiger partial charge in [0, 0.05) is 0 Å². The molecule has 0 bridgehead atoms. The van der Waals surface area contributed by atoms with Crippen LogP contribution >= 0.6 is 0 Å². The van der Waals surface area contributed by atoms with E-state index in [1.54, 1.807) is 37.3 Å². The molecule has 0 aromatic heterocycles. The molecule has 1 atom stereocenters. The van der Waals surface area contributed by atoms with Gasteiger partial charge < -0.3 is 9.84 Å². The van der Waals surface area contributed by atoms with E-state index in [4.69, 9.17) is 4.74 Å². The molecular formula is C14H16O4. The van der Waals surface area contributed by atoms with E-state index in [1.165, 1.54) is 6.08 Å². The van der Waals surface area contributed by atoms with E-state index < -0.39 is 17.4 Å². The van der Waals surface area contributed by atoms with E-state index in [9.17, 15) is 14.7 Å². The normalized spacial score (nSPS) is 13.4. The van der Waals surface area contributed by atoms with Gasteiger partial charge in [-0.15, -0.1) is 6.58 Å². The Morgan fingerprint density at radius 3 is 2.44 bits per heavy atom. The summed E-state index contributed by atoms with van der Waals surface area (Å²) in [4.78, 5) is 23.6. The molecule has 0 saturated carbocycles. The van der Waals surface area contributed by atoms with Crippen molar-refractivity contribution in [3.05, 3.63) is 48.6 Å². The van der Waals surface area contributed by atoms with Gasteiger partial charge in [-0.2, -0.15) is 0 Å². The van der Waals surface area contributed by atoms with Crippen molar-refractivity contribution in [1.29, 1.82) is 0 Å². The molecule has 0 heterocycles. The van der Waals surface area contributed by atoms with E-state index in [1.807, 2.05) is 0 Å². The first kappa shape index (κ1) is 14.0. The Balaban J connectivity index is 3.35. The third kappa shape index (κ3) is 2.42. The first-order chi connectivity index (χ1) is 8.59. The van der Waals surface area contributed by atoms with Crippen LogP contribution in [-0.2, 0) is 19.7 Å². The molecule has 0 amide bonds. The number of rotatable bonds is 6. The van der Waals surface area contributed by atoms with Crippen molar-refractivity contribution in [3.8, 4) is 0 Å². The molecule has 1 unspecified atom stereocenters. The van der Waals surface area contributed by atoms with Crippen LogP contribution in [0, 0.1) is 0 Å². The van der Waals surface area contributed by atoms with Gasteiger partial charge in [0.2, 0.25) is 0 Å². The van der Waals surface area contributed by atoms with Crippen molar-refractivity contribution < 1.29 is 19.4 Å². The third-order valence-corrected chi connectivity index (χ3v) is 2.71. The number of hydrogen-bond acceptors (Lipinski definition) is 3. The van der Waals surface area contributed by atoms with Crippen LogP contribution in [0.1, 0.15) is 18.9 Å². The standard InChI is InChI=1S/C14H16O4/c1-3-10-14(12(15)16,13(17)18-4-2)11-8-6-5-7-9-11/h3,5-9H,1,4,10H2,2H3,(H,15,16). The minimum Gasteiger partial charge on any atom is -0.480 e. The summed E-state index contributed by atoms with van der Waals surface area (Å²) in [5, 5.41) is 9.46. The Hall–Kier alpha value is -2.10. The fraction of sp³-hybridized carbons (Fsp3) is 0.286. The number of carbonyl (C=O) groups excluding carboxylic acids is 1. The first-order valence-electron chi connectivity index (χ1n) is 5.66. The Kier molecular flexibility index (Phi) is 4.66. The maximum atomic E-state index is 12.0. The molecule has 0 aliphatic heterocycles. The van der Waals surface area contributed by atoms with Crippen molar-refractivity contribution in [3.63, 3.8) is 0 Å². The van der Waals surface area contributed by atoms with Crippen molar-refractivity contribution >= 4 is 11.9 Å². The van der Waals surface area contributed by atoms with Gasteiger partial charge in [-0.05, 0) is 18.9 Å².